The standard InChI is InChI=1S/4C15H10N.2C13H11N3O.C5HF6N2.Cu.2Ir/c4*1-2-7-13(8-3-1)15-14-9-5-4-6-12(14)10-11-16-15;2*1-9-6-7-13(17)12(8-9)16-14-10-4-2-3-5-11(10)15-16;6-4(7,8)2-1-3(13-12-2)5(9,10)11;;;/h4*1-7,9-11H;2*2-8,17H,1H3;1H;;;/q4*-1;;;-1;+1;;. The SMILES string of the molecule is Cc1ccc(O)c(-n2nc3ccccc3n2)c1.Cc1ccc(O)c(-n2nc3ccccc3n2)c1.FC(F)(F)c1cc(C(F)(F)F)[n-]n1.[Cu+].[Ir].[Ir].[c-]1ccccc1-c1nccc2ccccc12.[c-]1ccccc1-c1nccc2ccccc12.[c-]1ccccc1-c1nccc2ccccc12.[c-]1ccccc1-c1nccc2ccccc12. The Morgan fingerprint density at radius 3 is 0.842 bits per heavy atom. The van der Waals surface area contributed by atoms with Gasteiger partial charge in [-0.15, -0.1) is 174 Å². The largest absolute Gasteiger partial charge is 1.00 e. The van der Waals surface area contributed by atoms with Gasteiger partial charge in [0.1, 0.15) is 50.6 Å². The number of phenolic OH excluding ortho intramolecular Hbond substituents is 2. The third-order valence-corrected chi connectivity index (χ3v) is 16.9. The summed E-state index contributed by atoms with van der Waals surface area (Å²) in [5.41, 5.74) is 11.4. The molecule has 574 valence electrons. The zero-order valence-electron chi connectivity index (χ0n) is 60.3. The molecule has 0 fully saturated rings. The molecule has 0 unspecified atom stereocenters. The average molecular weight is 1920 g/mol. The number of halogens is 6. The number of fused-ring (bicyclic) bond motifs is 6. The van der Waals surface area contributed by atoms with Crippen molar-refractivity contribution in [2.75, 3.05) is 0 Å². The quantitative estimate of drug-likeness (QED) is 0.0915. The normalized spacial score (nSPS) is 10.7. The molecule has 7 heterocycles. The van der Waals surface area contributed by atoms with Crippen LogP contribution in [-0.4, -0.2) is 65.2 Å². The topological polar surface area (TPSA) is 180 Å². The Balaban J connectivity index is 0.000000140. The number of aryl methyl sites for hydroxylation is 2. The number of hydrogen-bond acceptors (Lipinski definition) is 11. The summed E-state index contributed by atoms with van der Waals surface area (Å²) in [6, 6.07) is 112. The first-order chi connectivity index (χ1) is 54.0. The van der Waals surface area contributed by atoms with E-state index in [-0.39, 0.29) is 74.8 Å². The molecule has 0 saturated heterocycles. The molecular formula is C91H63CuF6Ir2N12O2-4. The van der Waals surface area contributed by atoms with E-state index in [1.54, 1.807) is 12.1 Å². The Labute approximate surface area is 689 Å². The van der Waals surface area contributed by atoms with Crippen LogP contribution in [0.25, 0.3) is 122 Å². The van der Waals surface area contributed by atoms with E-state index >= 15 is 0 Å². The second-order valence-electron chi connectivity index (χ2n) is 24.7. The van der Waals surface area contributed by atoms with Gasteiger partial charge in [-0.3, -0.25) is 0 Å². The van der Waals surface area contributed by atoms with Gasteiger partial charge < -0.3 is 40.3 Å². The molecule has 2 N–H and O–H groups in total. The van der Waals surface area contributed by atoms with Crippen LogP contribution in [0.1, 0.15) is 22.5 Å². The summed E-state index contributed by atoms with van der Waals surface area (Å²) in [5, 5.41) is 51.2. The second-order valence-corrected chi connectivity index (χ2v) is 24.7. The first-order valence-electron chi connectivity index (χ1n) is 34.6. The Morgan fingerprint density at radius 1 is 0.325 bits per heavy atom. The molecule has 0 aliphatic rings. The first kappa shape index (κ1) is 83.8. The molecule has 0 amide bonds. The number of rotatable bonds is 6. The van der Waals surface area contributed by atoms with Crippen molar-refractivity contribution in [1.29, 1.82) is 0 Å². The molecule has 12 aromatic carbocycles. The second kappa shape index (κ2) is 39.5. The maximum atomic E-state index is 11.7. The van der Waals surface area contributed by atoms with Crippen LogP contribution < -0.4 is 5.10 Å². The van der Waals surface area contributed by atoms with Crippen molar-refractivity contribution in [2.24, 2.45) is 0 Å². The zero-order chi connectivity index (χ0) is 77.1. The van der Waals surface area contributed by atoms with Crippen molar-refractivity contribution in [1.82, 2.24) is 60.1 Å². The van der Waals surface area contributed by atoms with Crippen molar-refractivity contribution in [2.45, 2.75) is 26.2 Å². The van der Waals surface area contributed by atoms with Crippen LogP contribution in [0, 0.1) is 38.1 Å². The van der Waals surface area contributed by atoms with E-state index in [1.165, 1.54) is 52.7 Å². The summed E-state index contributed by atoms with van der Waals surface area (Å²) < 4.78 is 70.3. The van der Waals surface area contributed by atoms with Crippen LogP contribution in [0.2, 0.25) is 0 Å². The smallest absolute Gasteiger partial charge is 0.571 e. The first-order valence-corrected chi connectivity index (χ1v) is 34.6. The van der Waals surface area contributed by atoms with Gasteiger partial charge in [-0.2, -0.15) is 26.3 Å². The molecule has 0 bridgehead atoms. The van der Waals surface area contributed by atoms with E-state index in [2.05, 4.69) is 123 Å². The molecule has 2 radical (unpaired) electrons. The average Bonchev–Trinajstić information content (AvgIpc) is 1.73. The zero-order valence-corrected chi connectivity index (χ0v) is 66.0. The fraction of sp³-hybridized carbons (Fsp3) is 0.0440. The van der Waals surface area contributed by atoms with Crippen LogP contribution in [0.3, 0.4) is 0 Å². The molecular weight excluding hydrogens is 1860 g/mol. The third kappa shape index (κ3) is 21.3. The van der Waals surface area contributed by atoms with Crippen molar-refractivity contribution in [3.63, 3.8) is 0 Å². The number of aromatic nitrogens is 12. The van der Waals surface area contributed by atoms with E-state index in [0.29, 0.717) is 11.4 Å². The molecule has 14 nitrogen and oxygen atoms in total. The van der Waals surface area contributed by atoms with Gasteiger partial charge in [0.05, 0.1) is 0 Å². The molecule has 0 saturated carbocycles. The predicted octanol–water partition coefficient (Wildman–Crippen LogP) is 21.7. The molecule has 19 aromatic rings. The van der Waals surface area contributed by atoms with Crippen LogP contribution in [-0.2, 0) is 69.6 Å². The number of hydrogen-bond donors (Lipinski definition) is 2. The number of benzene rings is 12. The van der Waals surface area contributed by atoms with Gasteiger partial charge >= 0.3 is 29.4 Å². The molecule has 19 rings (SSSR count). The third-order valence-electron chi connectivity index (χ3n) is 16.9. The van der Waals surface area contributed by atoms with Gasteiger partial charge in [0.25, 0.3) is 0 Å². The van der Waals surface area contributed by atoms with Crippen molar-refractivity contribution in [3.05, 3.63) is 381 Å². The van der Waals surface area contributed by atoms with Crippen LogP contribution in [0.5, 0.6) is 11.5 Å². The number of nitrogens with zero attached hydrogens (tertiary/aromatic N) is 12. The molecule has 0 atom stereocenters. The predicted molar refractivity (Wildman–Crippen MR) is 422 cm³/mol. The van der Waals surface area contributed by atoms with E-state index in [9.17, 15) is 36.6 Å². The van der Waals surface area contributed by atoms with Gasteiger partial charge in [0.2, 0.25) is 0 Å². The van der Waals surface area contributed by atoms with E-state index in [1.807, 2.05) is 281 Å². The Kier molecular flexibility index (Phi) is 29.0. The van der Waals surface area contributed by atoms with Gasteiger partial charge in [-0.25, -0.2) is 0 Å². The molecule has 7 aromatic heterocycles. The van der Waals surface area contributed by atoms with Gasteiger partial charge in [-0.05, 0) is 175 Å². The van der Waals surface area contributed by atoms with Gasteiger partial charge in [0.15, 0.2) is 0 Å². The summed E-state index contributed by atoms with van der Waals surface area (Å²) in [7, 11) is 0. The Hall–Kier alpha value is -12.7. The van der Waals surface area contributed by atoms with E-state index in [0.717, 1.165) is 78.2 Å². The Bertz CT molecular complexity index is 5610. The van der Waals surface area contributed by atoms with Crippen molar-refractivity contribution < 1.29 is 93.8 Å². The summed E-state index contributed by atoms with van der Waals surface area (Å²) in [6.07, 6.45) is -2.40. The molecule has 114 heavy (non-hydrogen) atoms. The fourth-order valence-corrected chi connectivity index (χ4v) is 11.6. The van der Waals surface area contributed by atoms with Gasteiger partial charge in [0, 0.05) is 65.0 Å². The summed E-state index contributed by atoms with van der Waals surface area (Å²) in [6.45, 7) is 3.93. The number of alkyl halides is 6. The Morgan fingerprint density at radius 2 is 0.596 bits per heavy atom. The molecule has 23 heteroatoms. The minimum atomic E-state index is -4.89. The minimum absolute atomic E-state index is 0. The molecule has 0 aliphatic heterocycles. The van der Waals surface area contributed by atoms with Crippen molar-refractivity contribution in [3.8, 4) is 67.9 Å². The van der Waals surface area contributed by atoms with Crippen LogP contribution in [0.15, 0.2) is 334 Å². The van der Waals surface area contributed by atoms with Gasteiger partial charge in [-0.1, -0.05) is 133 Å². The van der Waals surface area contributed by atoms with Crippen LogP contribution in [0.4, 0.5) is 26.3 Å². The van der Waals surface area contributed by atoms with E-state index < -0.39 is 23.7 Å². The van der Waals surface area contributed by atoms with Crippen molar-refractivity contribution >= 4 is 65.2 Å². The number of aromatic hydroxyl groups is 2. The summed E-state index contributed by atoms with van der Waals surface area (Å²) >= 11 is 0. The minimum Gasteiger partial charge on any atom is -0.571 e. The maximum Gasteiger partial charge on any atom is 1.00 e. The fourth-order valence-electron chi connectivity index (χ4n) is 11.6. The summed E-state index contributed by atoms with van der Waals surface area (Å²) in [5.74, 6) is 0.354. The van der Waals surface area contributed by atoms with E-state index in [4.69, 9.17) is 0 Å². The van der Waals surface area contributed by atoms with Crippen LogP contribution >= 0.6 is 0 Å². The monoisotopic (exact) mass is 1920 g/mol. The number of pyridine rings is 4. The molecule has 0 aliphatic carbocycles. The summed E-state index contributed by atoms with van der Waals surface area (Å²) in [4.78, 5) is 20.7. The number of phenols is 2. The molecule has 0 spiro atoms. The maximum absolute atomic E-state index is 11.7.